The van der Waals surface area contributed by atoms with E-state index in [9.17, 15) is 14.4 Å². The molecule has 3 rings (SSSR count). The predicted molar refractivity (Wildman–Crippen MR) is 83.2 cm³/mol. The highest BCUT2D eigenvalue weighted by Gasteiger charge is 2.49. The van der Waals surface area contributed by atoms with Gasteiger partial charge in [0.25, 0.3) is 11.8 Å². The quantitative estimate of drug-likeness (QED) is 0.636. The molecular weight excluding hydrogens is 312 g/mol. The maximum absolute atomic E-state index is 12.6. The molecule has 0 spiro atoms. The first kappa shape index (κ1) is 15.8. The molecule has 2 heterocycles. The van der Waals surface area contributed by atoms with Crippen LogP contribution in [-0.4, -0.2) is 42.4 Å². The Labute approximate surface area is 138 Å². The standard InChI is InChI=1S/C16H16N4O4/c1-9-13(21)19(3)11-8-10(4-5-12(11)24-9)16(2)14(22)20(7-6-17)15(23)18-16/h4-5,8-9H,7H2,1-3H3,(H,18,23). The summed E-state index contributed by atoms with van der Waals surface area (Å²) in [6.07, 6.45) is -0.581. The second-order valence-corrected chi connectivity index (χ2v) is 5.94. The van der Waals surface area contributed by atoms with Gasteiger partial charge in [-0.2, -0.15) is 5.26 Å². The Hall–Kier alpha value is -3.08. The molecule has 8 heteroatoms. The third-order valence-electron chi connectivity index (χ3n) is 4.38. The molecule has 1 saturated heterocycles. The van der Waals surface area contributed by atoms with Crippen molar-refractivity contribution in [3.8, 4) is 11.8 Å². The Balaban J connectivity index is 2.03. The fourth-order valence-electron chi connectivity index (χ4n) is 2.93. The Kier molecular flexibility index (Phi) is 3.44. The minimum Gasteiger partial charge on any atom is -0.479 e. The summed E-state index contributed by atoms with van der Waals surface area (Å²) in [5, 5.41) is 11.4. The number of imide groups is 1. The fourth-order valence-corrected chi connectivity index (χ4v) is 2.93. The number of fused-ring (bicyclic) bond motifs is 1. The number of rotatable bonds is 2. The van der Waals surface area contributed by atoms with E-state index in [1.807, 2.05) is 0 Å². The zero-order valence-corrected chi connectivity index (χ0v) is 13.5. The first-order valence-electron chi connectivity index (χ1n) is 7.39. The summed E-state index contributed by atoms with van der Waals surface area (Å²) in [7, 11) is 1.63. The molecule has 2 atom stereocenters. The number of benzene rings is 1. The van der Waals surface area contributed by atoms with Crippen LogP contribution in [0.1, 0.15) is 19.4 Å². The number of hydrogen-bond acceptors (Lipinski definition) is 5. The molecule has 8 nitrogen and oxygen atoms in total. The Bertz CT molecular complexity index is 800. The minimum absolute atomic E-state index is 0.197. The van der Waals surface area contributed by atoms with Crippen LogP contribution >= 0.6 is 0 Å². The third-order valence-corrected chi connectivity index (χ3v) is 4.38. The number of anilines is 1. The van der Waals surface area contributed by atoms with E-state index >= 15 is 0 Å². The maximum Gasteiger partial charge on any atom is 0.326 e. The van der Waals surface area contributed by atoms with Gasteiger partial charge in [0.05, 0.1) is 11.8 Å². The number of carbonyl (C=O) groups is 3. The number of nitrogens with one attached hydrogen (secondary N) is 1. The van der Waals surface area contributed by atoms with Crippen LogP contribution in [0.15, 0.2) is 18.2 Å². The van der Waals surface area contributed by atoms with E-state index in [4.69, 9.17) is 10.00 Å². The van der Waals surface area contributed by atoms with Crippen molar-refractivity contribution >= 4 is 23.5 Å². The van der Waals surface area contributed by atoms with Crippen LogP contribution in [0, 0.1) is 11.3 Å². The molecule has 2 aliphatic heterocycles. The van der Waals surface area contributed by atoms with Gasteiger partial charge in [0.1, 0.15) is 17.8 Å². The van der Waals surface area contributed by atoms with E-state index in [1.165, 1.54) is 4.90 Å². The second-order valence-electron chi connectivity index (χ2n) is 5.94. The molecule has 0 bridgehead atoms. The van der Waals surface area contributed by atoms with Crippen molar-refractivity contribution < 1.29 is 19.1 Å². The Morgan fingerprint density at radius 1 is 1.38 bits per heavy atom. The largest absolute Gasteiger partial charge is 0.479 e. The number of likely N-dealkylation sites (N-methyl/N-ethyl adjacent to an activating group) is 1. The normalized spacial score (nSPS) is 25.9. The number of urea groups is 1. The van der Waals surface area contributed by atoms with Crippen LogP contribution in [0.2, 0.25) is 0 Å². The van der Waals surface area contributed by atoms with Gasteiger partial charge >= 0.3 is 6.03 Å². The molecule has 1 fully saturated rings. The highest BCUT2D eigenvalue weighted by Crippen LogP contribution is 2.38. The lowest BCUT2D eigenvalue weighted by molar-refractivity contribution is -0.130. The lowest BCUT2D eigenvalue weighted by atomic mass is 9.91. The fraction of sp³-hybridized carbons (Fsp3) is 0.375. The molecule has 1 aromatic rings. The molecular formula is C16H16N4O4. The van der Waals surface area contributed by atoms with Crippen molar-refractivity contribution in [3.05, 3.63) is 23.8 Å². The topological polar surface area (TPSA) is 103 Å². The molecule has 0 aromatic heterocycles. The second kappa shape index (κ2) is 5.23. The first-order valence-corrected chi connectivity index (χ1v) is 7.39. The van der Waals surface area contributed by atoms with Crippen molar-refractivity contribution in [1.29, 1.82) is 5.26 Å². The van der Waals surface area contributed by atoms with Crippen molar-refractivity contribution in [2.75, 3.05) is 18.5 Å². The molecule has 0 radical (unpaired) electrons. The Morgan fingerprint density at radius 3 is 2.75 bits per heavy atom. The number of ether oxygens (including phenoxy) is 1. The average Bonchev–Trinajstić information content (AvgIpc) is 2.77. The average molecular weight is 328 g/mol. The SMILES string of the molecule is CC1Oc2ccc(C3(C)NC(=O)N(CC#N)C3=O)cc2N(C)C1=O. The summed E-state index contributed by atoms with van der Waals surface area (Å²) in [4.78, 5) is 38.9. The lowest BCUT2D eigenvalue weighted by Crippen LogP contribution is -2.43. The molecule has 2 unspecified atom stereocenters. The highest BCUT2D eigenvalue weighted by atomic mass is 16.5. The first-order chi connectivity index (χ1) is 11.3. The van der Waals surface area contributed by atoms with E-state index in [0.29, 0.717) is 17.0 Å². The van der Waals surface area contributed by atoms with E-state index in [0.717, 1.165) is 4.90 Å². The van der Waals surface area contributed by atoms with Crippen LogP contribution in [0.4, 0.5) is 10.5 Å². The summed E-state index contributed by atoms with van der Waals surface area (Å²) in [5.74, 6) is -0.173. The maximum atomic E-state index is 12.6. The van der Waals surface area contributed by atoms with Crippen molar-refractivity contribution in [2.24, 2.45) is 0 Å². The number of amides is 4. The van der Waals surface area contributed by atoms with Crippen molar-refractivity contribution in [3.63, 3.8) is 0 Å². The van der Waals surface area contributed by atoms with Crippen molar-refractivity contribution in [2.45, 2.75) is 25.5 Å². The van der Waals surface area contributed by atoms with Gasteiger partial charge in [-0.1, -0.05) is 6.07 Å². The van der Waals surface area contributed by atoms with Gasteiger partial charge < -0.3 is 15.0 Å². The van der Waals surface area contributed by atoms with Crippen LogP contribution in [0.5, 0.6) is 5.75 Å². The van der Waals surface area contributed by atoms with E-state index in [2.05, 4.69) is 5.32 Å². The zero-order chi connectivity index (χ0) is 17.6. The van der Waals surface area contributed by atoms with Gasteiger partial charge in [0, 0.05) is 7.05 Å². The summed E-state index contributed by atoms with van der Waals surface area (Å²) >= 11 is 0. The zero-order valence-electron chi connectivity index (χ0n) is 13.5. The molecule has 2 aliphatic rings. The molecule has 1 aromatic carbocycles. The van der Waals surface area contributed by atoms with E-state index in [1.54, 1.807) is 45.2 Å². The van der Waals surface area contributed by atoms with Gasteiger partial charge in [-0.05, 0) is 31.5 Å². The molecule has 4 amide bonds. The van der Waals surface area contributed by atoms with Crippen LogP contribution in [-0.2, 0) is 15.1 Å². The summed E-state index contributed by atoms with van der Waals surface area (Å²) in [6.45, 7) is 2.92. The smallest absolute Gasteiger partial charge is 0.326 e. The van der Waals surface area contributed by atoms with Gasteiger partial charge in [0.15, 0.2) is 6.10 Å². The number of hydrogen-bond donors (Lipinski definition) is 1. The Morgan fingerprint density at radius 2 is 2.08 bits per heavy atom. The number of nitrogens with zero attached hydrogens (tertiary/aromatic N) is 3. The molecule has 124 valence electrons. The van der Waals surface area contributed by atoms with Crippen LogP contribution in [0.25, 0.3) is 0 Å². The van der Waals surface area contributed by atoms with Crippen molar-refractivity contribution in [1.82, 2.24) is 10.2 Å². The molecule has 0 saturated carbocycles. The van der Waals surface area contributed by atoms with E-state index in [-0.39, 0.29) is 12.5 Å². The van der Waals surface area contributed by atoms with Gasteiger partial charge in [-0.15, -0.1) is 0 Å². The molecule has 24 heavy (non-hydrogen) atoms. The van der Waals surface area contributed by atoms with Crippen LogP contribution in [0.3, 0.4) is 0 Å². The van der Waals surface area contributed by atoms with Gasteiger partial charge in [-0.25, -0.2) is 9.69 Å². The predicted octanol–water partition coefficient (Wildman–Crippen LogP) is 0.721. The van der Waals surface area contributed by atoms with E-state index < -0.39 is 23.6 Å². The monoisotopic (exact) mass is 328 g/mol. The summed E-state index contributed by atoms with van der Waals surface area (Å²) in [5.41, 5.74) is -0.258. The third kappa shape index (κ3) is 2.09. The molecule has 1 N–H and O–H groups in total. The highest BCUT2D eigenvalue weighted by molar-refractivity contribution is 6.07. The summed E-state index contributed by atoms with van der Waals surface area (Å²) < 4.78 is 5.56. The van der Waals surface area contributed by atoms with Crippen LogP contribution < -0.4 is 15.0 Å². The number of carbonyl (C=O) groups excluding carboxylic acids is 3. The molecule has 0 aliphatic carbocycles. The lowest BCUT2D eigenvalue weighted by Gasteiger charge is -2.32. The number of nitriles is 1. The summed E-state index contributed by atoms with van der Waals surface area (Å²) in [6, 6.07) is 6.17. The van der Waals surface area contributed by atoms with Gasteiger partial charge in [-0.3, -0.25) is 9.59 Å². The van der Waals surface area contributed by atoms with Gasteiger partial charge in [0.2, 0.25) is 0 Å². The minimum atomic E-state index is -1.30.